The highest BCUT2D eigenvalue weighted by Gasteiger charge is 2.20. The molecule has 2 atom stereocenters. The number of hydrogen-bond acceptors (Lipinski definition) is 6. The fraction of sp³-hybridized carbons (Fsp3) is 0.636. The van der Waals surface area contributed by atoms with E-state index in [0.717, 1.165) is 0 Å². The van der Waals surface area contributed by atoms with Crippen LogP contribution in [0.4, 0.5) is 0 Å². The number of rotatable bonds is 10. The van der Waals surface area contributed by atoms with Crippen molar-refractivity contribution in [1.82, 2.24) is 10.6 Å². The van der Waals surface area contributed by atoms with Gasteiger partial charge in [-0.25, -0.2) is 4.79 Å². The molecule has 11 heteroatoms. The van der Waals surface area contributed by atoms with E-state index in [0.29, 0.717) is 6.42 Å². The molecule has 0 saturated carbocycles. The van der Waals surface area contributed by atoms with E-state index in [1.54, 1.807) is 0 Å². The summed E-state index contributed by atoms with van der Waals surface area (Å²) < 4.78 is 0. The van der Waals surface area contributed by atoms with E-state index in [1.165, 1.54) is 0 Å². The smallest absolute Gasteiger partial charge is 0.326 e. The molecule has 0 bridgehead atoms. The van der Waals surface area contributed by atoms with Gasteiger partial charge in [0.1, 0.15) is 12.1 Å². The molecule has 0 spiro atoms. The highest BCUT2D eigenvalue weighted by Crippen LogP contribution is 1.98. The highest BCUT2D eigenvalue weighted by molar-refractivity contribution is 5.89. The number of guanidine groups is 1. The third-order valence-corrected chi connectivity index (χ3v) is 2.54. The van der Waals surface area contributed by atoms with Gasteiger partial charge in [-0.1, -0.05) is 0 Å². The molecule has 2 unspecified atom stereocenters. The largest absolute Gasteiger partial charge is 0.480 e. The third-order valence-electron chi connectivity index (χ3n) is 2.54. The van der Waals surface area contributed by atoms with Crippen LogP contribution in [-0.4, -0.2) is 65.7 Å². The zero-order valence-electron chi connectivity index (χ0n) is 12.0. The Hall–Kier alpha value is -2.40. The summed E-state index contributed by atoms with van der Waals surface area (Å²) in [7, 11) is 0. The number of carboxylic acid groups (broad SMARTS) is 1. The summed E-state index contributed by atoms with van der Waals surface area (Å²) in [5.74, 6) is -2.71. The summed E-state index contributed by atoms with van der Waals surface area (Å²) in [6.45, 7) is -0.760. The number of hydrogen-bond donors (Lipinski definition) is 7. The number of aliphatic imine (C=N–C) groups is 1. The average Bonchev–Trinajstić information content (AvgIpc) is 2.46. The molecule has 0 saturated heterocycles. The number of carbonyl (C=O) groups excluding carboxylic acids is 2. The molecule has 126 valence electrons. The molecule has 0 aliphatic rings. The van der Waals surface area contributed by atoms with Crippen LogP contribution in [0.3, 0.4) is 0 Å². The van der Waals surface area contributed by atoms with Crippen molar-refractivity contribution in [1.29, 1.82) is 0 Å². The molecule has 0 heterocycles. The van der Waals surface area contributed by atoms with Crippen LogP contribution in [0.5, 0.6) is 0 Å². The van der Waals surface area contributed by atoms with Gasteiger partial charge in [-0.2, -0.15) is 0 Å². The molecule has 11 nitrogen and oxygen atoms in total. The molecule has 0 rings (SSSR count). The first-order valence-corrected chi connectivity index (χ1v) is 6.49. The summed E-state index contributed by atoms with van der Waals surface area (Å²) in [6.07, 6.45) is 0.485. The number of carboxylic acids is 1. The topological polar surface area (TPSA) is 206 Å². The predicted molar refractivity (Wildman–Crippen MR) is 77.5 cm³/mol. The SMILES string of the molecule is NC(N)=NCCCC(NC(=O)CNC(=O)C(N)CO)C(=O)O. The summed E-state index contributed by atoms with van der Waals surface area (Å²) in [4.78, 5) is 37.5. The lowest BCUT2D eigenvalue weighted by Gasteiger charge is -2.15. The normalized spacial score (nSPS) is 12.8. The number of aliphatic hydroxyl groups is 1. The van der Waals surface area contributed by atoms with Crippen LogP contribution in [0.15, 0.2) is 4.99 Å². The van der Waals surface area contributed by atoms with Gasteiger partial charge < -0.3 is 38.0 Å². The lowest BCUT2D eigenvalue weighted by atomic mass is 10.1. The van der Waals surface area contributed by atoms with Gasteiger partial charge in [0.2, 0.25) is 11.8 Å². The quantitative estimate of drug-likeness (QED) is 0.120. The van der Waals surface area contributed by atoms with Gasteiger partial charge in [0.05, 0.1) is 13.2 Å². The van der Waals surface area contributed by atoms with Crippen LogP contribution in [0.2, 0.25) is 0 Å². The summed E-state index contributed by atoms with van der Waals surface area (Å²) in [5, 5.41) is 22.1. The van der Waals surface area contributed by atoms with Crippen LogP contribution >= 0.6 is 0 Å². The maximum atomic E-state index is 11.6. The summed E-state index contributed by atoms with van der Waals surface area (Å²) >= 11 is 0. The van der Waals surface area contributed by atoms with Crippen LogP contribution < -0.4 is 27.8 Å². The molecule has 0 aliphatic carbocycles. The van der Waals surface area contributed by atoms with Crippen molar-refractivity contribution < 1.29 is 24.6 Å². The molecule has 2 amide bonds. The Balaban J connectivity index is 4.21. The van der Waals surface area contributed by atoms with Crippen molar-refractivity contribution in [2.24, 2.45) is 22.2 Å². The molecule has 0 aromatic heterocycles. The van der Waals surface area contributed by atoms with E-state index >= 15 is 0 Å². The monoisotopic (exact) mass is 318 g/mol. The number of aliphatic carboxylic acids is 1. The second kappa shape index (κ2) is 10.3. The van der Waals surface area contributed by atoms with Gasteiger partial charge >= 0.3 is 5.97 Å². The van der Waals surface area contributed by atoms with Crippen molar-refractivity contribution in [3.8, 4) is 0 Å². The minimum Gasteiger partial charge on any atom is -0.480 e. The van der Waals surface area contributed by atoms with Gasteiger partial charge in [0, 0.05) is 6.54 Å². The number of carbonyl (C=O) groups is 3. The lowest BCUT2D eigenvalue weighted by Crippen LogP contribution is -2.49. The van der Waals surface area contributed by atoms with Gasteiger partial charge in [-0.3, -0.25) is 14.6 Å². The molecular weight excluding hydrogens is 296 g/mol. The summed E-state index contributed by atoms with van der Waals surface area (Å²) in [5.41, 5.74) is 15.5. The van der Waals surface area contributed by atoms with Crippen molar-refractivity contribution in [3.05, 3.63) is 0 Å². The van der Waals surface area contributed by atoms with Crippen LogP contribution in [0, 0.1) is 0 Å². The lowest BCUT2D eigenvalue weighted by molar-refractivity contribution is -0.141. The van der Waals surface area contributed by atoms with Crippen molar-refractivity contribution in [2.45, 2.75) is 24.9 Å². The number of nitrogens with two attached hydrogens (primary N) is 3. The van der Waals surface area contributed by atoms with E-state index in [1.807, 2.05) is 0 Å². The molecule has 0 aliphatic heterocycles. The zero-order chi connectivity index (χ0) is 17.1. The minimum atomic E-state index is -1.21. The fourth-order valence-electron chi connectivity index (χ4n) is 1.39. The van der Waals surface area contributed by atoms with Gasteiger partial charge in [-0.05, 0) is 12.8 Å². The molecule has 0 aromatic rings. The van der Waals surface area contributed by atoms with E-state index in [4.69, 9.17) is 27.4 Å². The Morgan fingerprint density at radius 3 is 2.36 bits per heavy atom. The minimum absolute atomic E-state index is 0.0983. The standard InChI is InChI=1S/C11H22N6O5/c12-6(5-18)9(20)16-4-8(19)17-7(10(21)22)2-1-3-15-11(13)14/h6-7,18H,1-5,12H2,(H,16,20)(H,17,19)(H,21,22)(H4,13,14,15). The van der Waals surface area contributed by atoms with Gasteiger partial charge in [-0.15, -0.1) is 0 Å². The molecule has 0 radical (unpaired) electrons. The van der Waals surface area contributed by atoms with Crippen molar-refractivity contribution in [2.75, 3.05) is 19.7 Å². The van der Waals surface area contributed by atoms with Gasteiger partial charge in [0.15, 0.2) is 5.96 Å². The summed E-state index contributed by atoms with van der Waals surface area (Å²) in [6, 6.07) is -2.26. The number of amides is 2. The predicted octanol–water partition coefficient (Wildman–Crippen LogP) is -3.95. The number of nitrogens with one attached hydrogen (secondary N) is 2. The van der Waals surface area contributed by atoms with E-state index in [2.05, 4.69) is 15.6 Å². The first-order valence-electron chi connectivity index (χ1n) is 6.49. The highest BCUT2D eigenvalue weighted by atomic mass is 16.4. The molecule has 10 N–H and O–H groups in total. The number of aliphatic hydroxyl groups excluding tert-OH is 1. The maximum Gasteiger partial charge on any atom is 0.326 e. The zero-order valence-corrected chi connectivity index (χ0v) is 12.0. The van der Waals surface area contributed by atoms with E-state index in [9.17, 15) is 14.4 Å². The first kappa shape index (κ1) is 19.6. The Labute approximate surface area is 126 Å². The first-order chi connectivity index (χ1) is 10.3. The maximum absolute atomic E-state index is 11.6. The Kier molecular flexibility index (Phi) is 9.22. The average molecular weight is 318 g/mol. The van der Waals surface area contributed by atoms with Crippen molar-refractivity contribution in [3.63, 3.8) is 0 Å². The van der Waals surface area contributed by atoms with Crippen molar-refractivity contribution >= 4 is 23.7 Å². The Morgan fingerprint density at radius 2 is 1.86 bits per heavy atom. The van der Waals surface area contributed by atoms with E-state index in [-0.39, 0.29) is 18.9 Å². The van der Waals surface area contributed by atoms with E-state index < -0.39 is 43.0 Å². The molecule has 0 fully saturated rings. The van der Waals surface area contributed by atoms with Crippen LogP contribution in [0.1, 0.15) is 12.8 Å². The molecule has 22 heavy (non-hydrogen) atoms. The number of nitrogens with zero attached hydrogens (tertiary/aromatic N) is 1. The fourth-order valence-corrected chi connectivity index (χ4v) is 1.39. The molecular formula is C11H22N6O5. The van der Waals surface area contributed by atoms with Gasteiger partial charge in [0.25, 0.3) is 0 Å². The Morgan fingerprint density at radius 1 is 1.23 bits per heavy atom. The second-order valence-electron chi connectivity index (χ2n) is 4.41. The van der Waals surface area contributed by atoms with Crippen LogP contribution in [-0.2, 0) is 14.4 Å². The third kappa shape index (κ3) is 8.71. The molecule has 0 aromatic carbocycles. The second-order valence-corrected chi connectivity index (χ2v) is 4.41. The Bertz CT molecular complexity index is 423. The van der Waals surface area contributed by atoms with Crippen LogP contribution in [0.25, 0.3) is 0 Å².